The zero-order chi connectivity index (χ0) is 10.4. The average molecular weight is 266 g/mol. The van der Waals surface area contributed by atoms with Crippen molar-refractivity contribution in [2.75, 3.05) is 0 Å². The molecular weight excluding hydrogens is 254 g/mol. The third-order valence-corrected chi connectivity index (χ3v) is 3.58. The highest BCUT2D eigenvalue weighted by Crippen LogP contribution is 2.27. The van der Waals surface area contributed by atoms with Gasteiger partial charge in [-0.1, -0.05) is 22.0 Å². The molecule has 3 rings (SSSR count). The summed E-state index contributed by atoms with van der Waals surface area (Å²) < 4.78 is 3.43. The highest BCUT2D eigenvalue weighted by atomic mass is 79.9. The van der Waals surface area contributed by atoms with Gasteiger partial charge in [0.1, 0.15) is 0 Å². The van der Waals surface area contributed by atoms with Gasteiger partial charge >= 0.3 is 0 Å². The second-order valence-electron chi connectivity index (χ2n) is 4.14. The molecule has 78 valence electrons. The number of hydrogen-bond acceptors (Lipinski definition) is 1. The molecule has 0 spiro atoms. The quantitative estimate of drug-likeness (QED) is 0.779. The fourth-order valence-electron chi connectivity index (χ4n) is 2.34. The number of rotatable bonds is 0. The van der Waals surface area contributed by atoms with Crippen molar-refractivity contribution in [2.24, 2.45) is 0 Å². The molecule has 1 atom stereocenters. The van der Waals surface area contributed by atoms with Crippen LogP contribution in [0.1, 0.15) is 12.1 Å². The molecular formula is C12H12BrNO. The summed E-state index contributed by atoms with van der Waals surface area (Å²) in [6.07, 6.45) is 1.49. The number of fused-ring (bicyclic) bond motifs is 3. The van der Waals surface area contributed by atoms with Gasteiger partial charge in [-0.3, -0.25) is 0 Å². The topological polar surface area (TPSA) is 25.2 Å². The van der Waals surface area contributed by atoms with E-state index in [1.807, 2.05) is 0 Å². The molecule has 1 unspecified atom stereocenters. The number of aliphatic hydroxyl groups is 1. The lowest BCUT2D eigenvalue weighted by molar-refractivity contribution is 0.144. The Morgan fingerprint density at radius 3 is 3.07 bits per heavy atom. The molecule has 1 N–H and O–H groups in total. The lowest BCUT2D eigenvalue weighted by Gasteiger charge is -2.20. The maximum atomic E-state index is 9.61. The minimum Gasteiger partial charge on any atom is -0.393 e. The monoisotopic (exact) mass is 265 g/mol. The van der Waals surface area contributed by atoms with E-state index in [0.717, 1.165) is 23.9 Å². The Morgan fingerprint density at radius 1 is 1.33 bits per heavy atom. The van der Waals surface area contributed by atoms with Gasteiger partial charge in [0.15, 0.2) is 0 Å². The summed E-state index contributed by atoms with van der Waals surface area (Å²) in [4.78, 5) is 0. The maximum absolute atomic E-state index is 9.61. The van der Waals surface area contributed by atoms with E-state index >= 15 is 0 Å². The van der Waals surface area contributed by atoms with E-state index in [1.54, 1.807) is 0 Å². The minimum atomic E-state index is -0.162. The van der Waals surface area contributed by atoms with Crippen LogP contribution in [0.4, 0.5) is 0 Å². The number of benzene rings is 1. The predicted molar refractivity (Wildman–Crippen MR) is 64.0 cm³/mol. The summed E-state index contributed by atoms with van der Waals surface area (Å²) >= 11 is 3.49. The molecule has 1 aliphatic rings. The van der Waals surface area contributed by atoms with Crippen LogP contribution in [0.3, 0.4) is 0 Å². The van der Waals surface area contributed by atoms with Gasteiger partial charge in [0.25, 0.3) is 0 Å². The van der Waals surface area contributed by atoms with Crippen LogP contribution < -0.4 is 0 Å². The number of halogens is 1. The van der Waals surface area contributed by atoms with Gasteiger partial charge in [-0.2, -0.15) is 0 Å². The molecule has 2 heterocycles. The predicted octanol–water partition coefficient (Wildman–Crippen LogP) is 2.71. The first-order chi connectivity index (χ1) is 7.24. The Hall–Kier alpha value is -0.800. The van der Waals surface area contributed by atoms with Crippen LogP contribution in [0.5, 0.6) is 0 Å². The summed E-state index contributed by atoms with van der Waals surface area (Å²) in [6, 6.07) is 8.52. The molecule has 1 aromatic heterocycles. The highest BCUT2D eigenvalue weighted by Gasteiger charge is 2.18. The molecule has 15 heavy (non-hydrogen) atoms. The van der Waals surface area contributed by atoms with Crippen molar-refractivity contribution in [3.8, 4) is 0 Å². The number of aryl methyl sites for hydroxylation is 1. The van der Waals surface area contributed by atoms with Crippen LogP contribution >= 0.6 is 15.9 Å². The Kier molecular flexibility index (Phi) is 2.11. The molecule has 0 saturated heterocycles. The van der Waals surface area contributed by atoms with E-state index in [1.165, 1.54) is 16.6 Å². The van der Waals surface area contributed by atoms with Crippen molar-refractivity contribution in [2.45, 2.75) is 25.5 Å². The molecule has 0 amide bonds. The van der Waals surface area contributed by atoms with E-state index in [-0.39, 0.29) is 6.10 Å². The van der Waals surface area contributed by atoms with Crippen molar-refractivity contribution >= 4 is 26.8 Å². The molecule has 2 aromatic rings. The Bertz CT molecular complexity index is 518. The number of nitrogens with zero attached hydrogens (tertiary/aromatic N) is 1. The van der Waals surface area contributed by atoms with E-state index in [0.29, 0.717) is 0 Å². The Balaban J connectivity index is 2.24. The van der Waals surface area contributed by atoms with Crippen LogP contribution in [0, 0.1) is 0 Å². The zero-order valence-electron chi connectivity index (χ0n) is 8.28. The van der Waals surface area contributed by atoms with Crippen molar-refractivity contribution < 1.29 is 5.11 Å². The minimum absolute atomic E-state index is 0.162. The fraction of sp³-hybridized carbons (Fsp3) is 0.333. The van der Waals surface area contributed by atoms with Crippen molar-refractivity contribution in [1.82, 2.24) is 4.57 Å². The third kappa shape index (κ3) is 1.50. The average Bonchev–Trinajstić information content (AvgIpc) is 2.54. The van der Waals surface area contributed by atoms with Gasteiger partial charge < -0.3 is 9.67 Å². The van der Waals surface area contributed by atoms with Crippen LogP contribution in [-0.2, 0) is 13.0 Å². The number of aliphatic hydroxyl groups excluding tert-OH is 1. The number of hydrogen-bond donors (Lipinski definition) is 1. The first-order valence-electron chi connectivity index (χ1n) is 5.20. The van der Waals surface area contributed by atoms with Crippen LogP contribution in [0.25, 0.3) is 10.9 Å². The fourth-order valence-corrected chi connectivity index (χ4v) is 2.69. The van der Waals surface area contributed by atoms with E-state index in [4.69, 9.17) is 0 Å². The lowest BCUT2D eigenvalue weighted by atomic mass is 10.1. The third-order valence-electron chi connectivity index (χ3n) is 3.08. The first-order valence-corrected chi connectivity index (χ1v) is 5.99. The second-order valence-corrected chi connectivity index (χ2v) is 5.05. The van der Waals surface area contributed by atoms with E-state index in [2.05, 4.69) is 44.8 Å². The van der Waals surface area contributed by atoms with Crippen molar-refractivity contribution in [1.29, 1.82) is 0 Å². The summed E-state index contributed by atoms with van der Waals surface area (Å²) in [5, 5.41) is 10.9. The van der Waals surface area contributed by atoms with Crippen LogP contribution in [0.15, 0.2) is 28.7 Å². The summed E-state index contributed by atoms with van der Waals surface area (Å²) in [5.74, 6) is 0. The molecule has 3 heteroatoms. The molecule has 0 saturated carbocycles. The van der Waals surface area contributed by atoms with Crippen LogP contribution in [0.2, 0.25) is 0 Å². The smallest absolute Gasteiger partial charge is 0.0611 e. The van der Waals surface area contributed by atoms with E-state index in [9.17, 15) is 5.11 Å². The SMILES string of the molecule is OC1CCn2c(cc3ccc(Br)cc32)C1. The second kappa shape index (κ2) is 3.35. The summed E-state index contributed by atoms with van der Waals surface area (Å²) in [7, 11) is 0. The molecule has 2 nitrogen and oxygen atoms in total. The molecule has 1 aromatic carbocycles. The van der Waals surface area contributed by atoms with Crippen molar-refractivity contribution in [3.05, 3.63) is 34.4 Å². The van der Waals surface area contributed by atoms with Crippen LogP contribution in [-0.4, -0.2) is 15.8 Å². The molecule has 0 fully saturated rings. The lowest BCUT2D eigenvalue weighted by Crippen LogP contribution is -2.22. The van der Waals surface area contributed by atoms with Gasteiger partial charge in [0, 0.05) is 28.6 Å². The summed E-state index contributed by atoms with van der Waals surface area (Å²) in [6.45, 7) is 0.927. The Morgan fingerprint density at radius 2 is 2.20 bits per heavy atom. The first kappa shape index (κ1) is 9.43. The summed E-state index contributed by atoms with van der Waals surface area (Å²) in [5.41, 5.74) is 2.52. The van der Waals surface area contributed by atoms with Gasteiger partial charge in [-0.05, 0) is 30.0 Å². The molecule has 1 aliphatic heterocycles. The maximum Gasteiger partial charge on any atom is 0.0611 e. The number of aromatic nitrogens is 1. The van der Waals surface area contributed by atoms with Crippen molar-refractivity contribution in [3.63, 3.8) is 0 Å². The largest absolute Gasteiger partial charge is 0.393 e. The van der Waals surface area contributed by atoms with Gasteiger partial charge in [0.05, 0.1) is 6.10 Å². The van der Waals surface area contributed by atoms with E-state index < -0.39 is 0 Å². The highest BCUT2D eigenvalue weighted by molar-refractivity contribution is 9.10. The van der Waals surface area contributed by atoms with Gasteiger partial charge in [-0.15, -0.1) is 0 Å². The zero-order valence-corrected chi connectivity index (χ0v) is 9.87. The molecule has 0 radical (unpaired) electrons. The van der Waals surface area contributed by atoms with Gasteiger partial charge in [-0.25, -0.2) is 0 Å². The Labute approximate surface area is 96.6 Å². The normalized spacial score (nSPS) is 20.5. The molecule has 0 bridgehead atoms. The standard InChI is InChI=1S/C12H12BrNO/c13-9-2-1-8-5-10-7-11(15)3-4-14(10)12(8)6-9/h1-2,5-6,11,15H,3-4,7H2. The molecule has 0 aliphatic carbocycles. The van der Waals surface area contributed by atoms with Gasteiger partial charge in [0.2, 0.25) is 0 Å².